The molecule has 0 fully saturated rings. The molecule has 3 rings (SSSR count). The molecule has 1 amide bonds. The molecule has 0 bridgehead atoms. The normalized spacial score (nSPS) is 10.8. The van der Waals surface area contributed by atoms with Crippen molar-refractivity contribution in [1.82, 2.24) is 4.57 Å². The summed E-state index contributed by atoms with van der Waals surface area (Å²) in [6, 6.07) is 15.1. The molecule has 6 nitrogen and oxygen atoms in total. The first-order chi connectivity index (χ1) is 15.4. The van der Waals surface area contributed by atoms with Crippen molar-refractivity contribution >= 4 is 11.9 Å². The molecule has 2 aromatic carbocycles. The van der Waals surface area contributed by atoms with Crippen LogP contribution in [0.1, 0.15) is 51.0 Å². The number of carbonyl (C=O) groups is 2. The van der Waals surface area contributed by atoms with E-state index in [2.05, 4.69) is 23.6 Å². The fourth-order valence-electron chi connectivity index (χ4n) is 4.13. The summed E-state index contributed by atoms with van der Waals surface area (Å²) in [6.07, 6.45) is 2.55. The molecule has 168 valence electrons. The number of aryl methyl sites for hydroxylation is 1. The summed E-state index contributed by atoms with van der Waals surface area (Å²) in [7, 11) is 3.01. The van der Waals surface area contributed by atoms with Crippen molar-refractivity contribution in [3.63, 3.8) is 0 Å². The number of rotatable bonds is 9. The number of nitrogens with zero attached hydrogens (tertiary/aromatic N) is 1. The first-order valence-corrected chi connectivity index (χ1v) is 10.7. The highest BCUT2D eigenvalue weighted by Gasteiger charge is 2.24. The largest absolute Gasteiger partial charge is 0.497 e. The van der Waals surface area contributed by atoms with E-state index in [1.807, 2.05) is 31.2 Å². The van der Waals surface area contributed by atoms with Crippen LogP contribution in [-0.4, -0.2) is 30.7 Å². The Kier molecular flexibility index (Phi) is 7.36. The molecule has 32 heavy (non-hydrogen) atoms. The molecule has 0 spiro atoms. The molecule has 0 unspecified atom stereocenters. The lowest BCUT2D eigenvalue weighted by molar-refractivity contribution is 0.0600. The number of esters is 1. The van der Waals surface area contributed by atoms with E-state index in [4.69, 9.17) is 15.2 Å². The van der Waals surface area contributed by atoms with Crippen molar-refractivity contribution in [2.45, 2.75) is 39.7 Å². The van der Waals surface area contributed by atoms with Crippen molar-refractivity contribution in [3.05, 3.63) is 76.6 Å². The second-order valence-corrected chi connectivity index (χ2v) is 7.71. The zero-order valence-electron chi connectivity index (χ0n) is 19.1. The minimum Gasteiger partial charge on any atom is -0.497 e. The van der Waals surface area contributed by atoms with E-state index in [9.17, 15) is 9.59 Å². The average Bonchev–Trinajstić information content (AvgIpc) is 3.09. The van der Waals surface area contributed by atoms with Crippen LogP contribution < -0.4 is 10.5 Å². The van der Waals surface area contributed by atoms with Gasteiger partial charge in [0.2, 0.25) is 0 Å². The first-order valence-electron chi connectivity index (χ1n) is 10.7. The van der Waals surface area contributed by atoms with Gasteiger partial charge in [0.1, 0.15) is 5.75 Å². The van der Waals surface area contributed by atoms with E-state index in [1.165, 1.54) is 12.7 Å². The van der Waals surface area contributed by atoms with E-state index < -0.39 is 11.9 Å². The fraction of sp³-hybridized carbons (Fsp3) is 0.308. The second kappa shape index (κ2) is 10.2. The number of hydrogen-bond acceptors (Lipinski definition) is 4. The molecule has 0 radical (unpaired) electrons. The Bertz CT molecular complexity index is 1100. The number of methoxy groups -OCH3 is 2. The Morgan fingerprint density at radius 2 is 1.62 bits per heavy atom. The highest BCUT2D eigenvalue weighted by molar-refractivity contribution is 6.02. The number of benzene rings is 2. The molecule has 3 aromatic rings. The van der Waals surface area contributed by atoms with Gasteiger partial charge in [0.25, 0.3) is 5.91 Å². The maximum Gasteiger partial charge on any atom is 0.337 e. The first kappa shape index (κ1) is 23.1. The standard InChI is InChI=1S/C26H30N2O4/c1-5-6-22-24(19-9-11-20(12-10-19)26(30)32-4)23(25(27)29)17(2)28(22)16-15-18-7-13-21(31-3)14-8-18/h7-14H,5-6,15-16H2,1-4H3,(H2,27,29). The van der Waals surface area contributed by atoms with Gasteiger partial charge in [0, 0.05) is 23.5 Å². The van der Waals surface area contributed by atoms with Crippen LogP contribution in [0.15, 0.2) is 48.5 Å². The number of ether oxygens (including phenoxy) is 2. The third kappa shape index (κ3) is 4.69. The predicted octanol–water partition coefficient (Wildman–Crippen LogP) is 4.55. The van der Waals surface area contributed by atoms with Crippen LogP contribution in [-0.2, 0) is 24.1 Å². The number of aromatic nitrogens is 1. The average molecular weight is 435 g/mol. The molecule has 0 aliphatic rings. The minimum absolute atomic E-state index is 0.395. The summed E-state index contributed by atoms with van der Waals surface area (Å²) in [5.41, 5.74) is 11.7. The van der Waals surface area contributed by atoms with Crippen molar-refractivity contribution in [3.8, 4) is 16.9 Å². The zero-order valence-corrected chi connectivity index (χ0v) is 19.1. The van der Waals surface area contributed by atoms with Gasteiger partial charge in [-0.05, 0) is 55.2 Å². The van der Waals surface area contributed by atoms with Crippen LogP contribution in [0.3, 0.4) is 0 Å². The van der Waals surface area contributed by atoms with Gasteiger partial charge in [-0.2, -0.15) is 0 Å². The number of amides is 1. The van der Waals surface area contributed by atoms with Crippen LogP contribution in [0.2, 0.25) is 0 Å². The topological polar surface area (TPSA) is 83.5 Å². The maximum absolute atomic E-state index is 12.5. The Labute approximate surface area is 189 Å². The van der Waals surface area contributed by atoms with Crippen molar-refractivity contribution in [2.75, 3.05) is 14.2 Å². The Hall–Kier alpha value is -3.54. The minimum atomic E-state index is -0.449. The summed E-state index contributed by atoms with van der Waals surface area (Å²) in [5, 5.41) is 0. The molecule has 2 N–H and O–H groups in total. The van der Waals surface area contributed by atoms with Crippen LogP contribution in [0.25, 0.3) is 11.1 Å². The Morgan fingerprint density at radius 3 is 2.16 bits per heavy atom. The van der Waals surface area contributed by atoms with Gasteiger partial charge in [0.05, 0.1) is 25.3 Å². The van der Waals surface area contributed by atoms with Gasteiger partial charge in [-0.1, -0.05) is 37.6 Å². The smallest absolute Gasteiger partial charge is 0.337 e. The number of nitrogens with two attached hydrogens (primary N) is 1. The van der Waals surface area contributed by atoms with Gasteiger partial charge in [0.15, 0.2) is 0 Å². The zero-order chi connectivity index (χ0) is 23.3. The quantitative estimate of drug-likeness (QED) is 0.501. The monoisotopic (exact) mass is 434 g/mol. The van der Waals surface area contributed by atoms with E-state index in [-0.39, 0.29) is 0 Å². The summed E-state index contributed by atoms with van der Waals surface area (Å²) in [4.78, 5) is 24.3. The molecule has 6 heteroatoms. The highest BCUT2D eigenvalue weighted by atomic mass is 16.5. The third-order valence-electron chi connectivity index (χ3n) is 5.74. The molecule has 0 saturated carbocycles. The van der Waals surface area contributed by atoms with Crippen LogP contribution in [0.4, 0.5) is 0 Å². The maximum atomic E-state index is 12.5. The van der Waals surface area contributed by atoms with Gasteiger partial charge in [-0.15, -0.1) is 0 Å². The lowest BCUT2D eigenvalue weighted by Crippen LogP contribution is -2.14. The summed E-state index contributed by atoms with van der Waals surface area (Å²) in [6.45, 7) is 4.79. The van der Waals surface area contributed by atoms with Crippen molar-refractivity contribution in [1.29, 1.82) is 0 Å². The number of hydrogen-bond donors (Lipinski definition) is 1. The van der Waals surface area contributed by atoms with Crippen molar-refractivity contribution < 1.29 is 19.1 Å². The Morgan fingerprint density at radius 1 is 0.969 bits per heavy atom. The second-order valence-electron chi connectivity index (χ2n) is 7.71. The van der Waals surface area contributed by atoms with Gasteiger partial charge >= 0.3 is 5.97 Å². The number of primary amides is 1. The van der Waals surface area contributed by atoms with E-state index in [1.54, 1.807) is 19.2 Å². The van der Waals surface area contributed by atoms with E-state index >= 15 is 0 Å². The lowest BCUT2D eigenvalue weighted by Gasteiger charge is -2.13. The van der Waals surface area contributed by atoms with Crippen molar-refractivity contribution in [2.24, 2.45) is 5.73 Å². The molecular formula is C26H30N2O4. The van der Waals surface area contributed by atoms with Gasteiger partial charge < -0.3 is 19.8 Å². The fourth-order valence-corrected chi connectivity index (χ4v) is 4.13. The SMILES string of the molecule is CCCc1c(-c2ccc(C(=O)OC)cc2)c(C(N)=O)c(C)n1CCc1ccc(OC)cc1. The predicted molar refractivity (Wildman–Crippen MR) is 125 cm³/mol. The molecule has 0 aliphatic heterocycles. The summed E-state index contributed by atoms with van der Waals surface area (Å²) in [5.74, 6) is -0.0185. The molecule has 0 atom stereocenters. The third-order valence-corrected chi connectivity index (χ3v) is 5.74. The number of carbonyl (C=O) groups excluding carboxylic acids is 2. The van der Waals surface area contributed by atoms with E-state index in [0.29, 0.717) is 11.1 Å². The van der Waals surface area contributed by atoms with Crippen LogP contribution in [0, 0.1) is 6.92 Å². The van der Waals surface area contributed by atoms with Crippen LogP contribution >= 0.6 is 0 Å². The Balaban J connectivity index is 2.04. The van der Waals surface area contributed by atoms with Gasteiger partial charge in [-0.3, -0.25) is 4.79 Å². The molecule has 1 heterocycles. The lowest BCUT2D eigenvalue weighted by atomic mass is 9.97. The summed E-state index contributed by atoms with van der Waals surface area (Å²) < 4.78 is 12.2. The van der Waals surface area contributed by atoms with Gasteiger partial charge in [-0.25, -0.2) is 4.79 Å². The molecule has 0 saturated heterocycles. The molecule has 1 aromatic heterocycles. The molecular weight excluding hydrogens is 404 g/mol. The highest BCUT2D eigenvalue weighted by Crippen LogP contribution is 2.34. The molecule has 0 aliphatic carbocycles. The van der Waals surface area contributed by atoms with Crippen LogP contribution in [0.5, 0.6) is 5.75 Å². The summed E-state index contributed by atoms with van der Waals surface area (Å²) >= 11 is 0. The van der Waals surface area contributed by atoms with E-state index in [0.717, 1.165) is 54.1 Å².